The fourth-order valence-electron chi connectivity index (χ4n) is 10.5. The predicted octanol–water partition coefficient (Wildman–Crippen LogP) is 16.8. The highest BCUT2D eigenvalue weighted by atomic mass is 15.1. The molecule has 0 fully saturated rings. The van der Waals surface area contributed by atoms with Crippen LogP contribution < -0.4 is 0 Å². The van der Waals surface area contributed by atoms with Gasteiger partial charge < -0.3 is 0 Å². The van der Waals surface area contributed by atoms with Gasteiger partial charge in [-0.15, -0.1) is 0 Å². The zero-order valence-corrected chi connectivity index (χ0v) is 37.6. The fourth-order valence-corrected chi connectivity index (χ4v) is 10.5. The lowest BCUT2D eigenvalue weighted by Crippen LogP contribution is -2.01. The van der Waals surface area contributed by atoms with Gasteiger partial charge in [-0.25, -0.2) is 9.97 Å². The van der Waals surface area contributed by atoms with E-state index >= 15 is 0 Å². The summed E-state index contributed by atoms with van der Waals surface area (Å²) in [7, 11) is 0. The number of nitrogens with zero attached hydrogens (tertiary/aromatic N) is 4. The molecule has 13 rings (SSSR count). The van der Waals surface area contributed by atoms with Crippen molar-refractivity contribution in [3.05, 3.63) is 242 Å². The average molecular weight is 871 g/mol. The molecular weight excluding hydrogens is 825 g/mol. The summed E-state index contributed by atoms with van der Waals surface area (Å²) in [5.74, 6) is 1.75. The van der Waals surface area contributed by atoms with Crippen molar-refractivity contribution in [2.75, 3.05) is 0 Å². The molecule has 2 aliphatic rings. The summed E-state index contributed by atoms with van der Waals surface area (Å²) < 4.78 is 4.70. The Hall–Kier alpha value is -8.60. The van der Waals surface area contributed by atoms with Gasteiger partial charge in [0.1, 0.15) is 11.6 Å². The zero-order valence-electron chi connectivity index (χ0n) is 37.6. The van der Waals surface area contributed by atoms with Crippen LogP contribution in [0.15, 0.2) is 231 Å². The van der Waals surface area contributed by atoms with Gasteiger partial charge in [-0.3, -0.25) is 9.13 Å². The van der Waals surface area contributed by atoms with Crippen LogP contribution in [0.4, 0.5) is 0 Å². The Balaban J connectivity index is 0.989. The first-order valence-corrected chi connectivity index (χ1v) is 23.8. The quantitative estimate of drug-likeness (QED) is 0.152. The minimum atomic E-state index is 0.875. The number of hydrogen-bond donors (Lipinski definition) is 0. The molecule has 0 amide bonds. The van der Waals surface area contributed by atoms with Gasteiger partial charge in [0, 0.05) is 32.7 Å². The summed E-state index contributed by atoms with van der Waals surface area (Å²) in [4.78, 5) is 11.1. The van der Waals surface area contributed by atoms with Crippen molar-refractivity contribution in [3.8, 4) is 56.4 Å². The third-order valence-electron chi connectivity index (χ3n) is 13.8. The van der Waals surface area contributed by atoms with Gasteiger partial charge in [0.2, 0.25) is 0 Å². The molecule has 7 aromatic carbocycles. The van der Waals surface area contributed by atoms with E-state index in [0.717, 1.165) is 81.9 Å². The number of allylic oxidation sites excluding steroid dienone is 8. The summed E-state index contributed by atoms with van der Waals surface area (Å²) in [6, 6.07) is 70.4. The Labute approximate surface area is 395 Å². The molecule has 0 unspecified atom stereocenters. The standard InChI is InChI=1S/C64H46N4/c1-5-19-43(20-6-1)47-35-48(44-21-7-2-8-22-44)38-51(37-47)57-29-17-33-63(65-57)67-59-31-15-13-27-53(59)55-41-56-54-28-14-16-32-60(54)68(62(56)42-61(55)67)64-34-18-30-58(66-64)52-39-49(45-23-9-3-10-24-45)36-50(40-52)46-25-11-4-12-26-46/h1-7,9-11,13-21,23-25,27-42H,8,12,22,26H2. The SMILES string of the molecule is C1=CCCC(c2cc(-c3ccccc3)cc(-c3cccc(-n4c5ccccc5c5cc6c7ccccc7n(-c7cccc(-c8cc(C9=CC=CCC9)cc(-c9ccccc9)c8)n7)c6cc54)n3)c2)=C1. The largest absolute Gasteiger partial charge is 0.294 e. The van der Waals surface area contributed by atoms with Gasteiger partial charge >= 0.3 is 0 Å². The molecule has 4 heteroatoms. The Bertz CT molecular complexity index is 3640. The van der Waals surface area contributed by atoms with Crippen LogP contribution >= 0.6 is 0 Å². The van der Waals surface area contributed by atoms with E-state index in [-0.39, 0.29) is 0 Å². The zero-order chi connectivity index (χ0) is 45.0. The molecule has 0 saturated carbocycles. The molecule has 0 spiro atoms. The maximum absolute atomic E-state index is 5.53. The molecule has 11 aromatic rings. The van der Waals surface area contributed by atoms with E-state index in [1.54, 1.807) is 0 Å². The van der Waals surface area contributed by atoms with Gasteiger partial charge in [0.25, 0.3) is 0 Å². The number of para-hydroxylation sites is 2. The molecule has 0 saturated heterocycles. The summed E-state index contributed by atoms with van der Waals surface area (Å²) in [6.07, 6.45) is 17.5. The van der Waals surface area contributed by atoms with E-state index in [4.69, 9.17) is 9.97 Å². The lowest BCUT2D eigenvalue weighted by molar-refractivity contribution is 1.05. The second-order valence-electron chi connectivity index (χ2n) is 18.0. The number of fused-ring (bicyclic) bond motifs is 6. The molecule has 0 atom stereocenters. The third kappa shape index (κ3) is 7.01. The maximum atomic E-state index is 5.53. The predicted molar refractivity (Wildman–Crippen MR) is 285 cm³/mol. The van der Waals surface area contributed by atoms with Gasteiger partial charge in [0.15, 0.2) is 0 Å². The van der Waals surface area contributed by atoms with Gasteiger partial charge in [-0.2, -0.15) is 0 Å². The van der Waals surface area contributed by atoms with Crippen LogP contribution in [-0.4, -0.2) is 19.1 Å². The summed E-state index contributed by atoms with van der Waals surface area (Å²) >= 11 is 0. The van der Waals surface area contributed by atoms with Crippen LogP contribution in [0.1, 0.15) is 36.8 Å². The highest BCUT2D eigenvalue weighted by Crippen LogP contribution is 2.41. The molecule has 68 heavy (non-hydrogen) atoms. The summed E-state index contributed by atoms with van der Waals surface area (Å²) in [5, 5.41) is 4.76. The first kappa shape index (κ1) is 39.7. The van der Waals surface area contributed by atoms with E-state index in [0.29, 0.717) is 0 Å². The van der Waals surface area contributed by atoms with Crippen molar-refractivity contribution in [1.82, 2.24) is 19.1 Å². The first-order valence-electron chi connectivity index (χ1n) is 23.8. The number of pyridine rings is 2. The van der Waals surface area contributed by atoms with E-state index < -0.39 is 0 Å². The van der Waals surface area contributed by atoms with Crippen molar-refractivity contribution in [2.45, 2.75) is 25.7 Å². The van der Waals surface area contributed by atoms with Gasteiger partial charge in [0.05, 0.1) is 33.5 Å². The highest BCUT2D eigenvalue weighted by Gasteiger charge is 2.21. The lowest BCUT2D eigenvalue weighted by atomic mass is 9.91. The maximum Gasteiger partial charge on any atom is 0.138 e. The fraction of sp³-hybridized carbons (Fsp3) is 0.0625. The molecule has 0 radical (unpaired) electrons. The van der Waals surface area contributed by atoms with Crippen LogP contribution in [-0.2, 0) is 0 Å². The van der Waals surface area contributed by atoms with E-state index in [9.17, 15) is 0 Å². The minimum absolute atomic E-state index is 0.875. The third-order valence-corrected chi connectivity index (χ3v) is 13.8. The van der Waals surface area contributed by atoms with Gasteiger partial charge in [-0.05, 0) is 155 Å². The highest BCUT2D eigenvalue weighted by molar-refractivity contribution is 6.19. The molecule has 322 valence electrons. The molecule has 4 nitrogen and oxygen atoms in total. The number of aromatic nitrogens is 4. The summed E-state index contributed by atoms with van der Waals surface area (Å²) in [6.45, 7) is 0. The van der Waals surface area contributed by atoms with Crippen LogP contribution in [0.3, 0.4) is 0 Å². The number of rotatable bonds is 8. The topological polar surface area (TPSA) is 35.6 Å². The van der Waals surface area contributed by atoms with E-state index in [2.05, 4.69) is 240 Å². The molecule has 2 aliphatic carbocycles. The van der Waals surface area contributed by atoms with Crippen molar-refractivity contribution < 1.29 is 0 Å². The average Bonchev–Trinajstić information content (AvgIpc) is 3.93. The molecule has 0 N–H and O–H groups in total. The van der Waals surface area contributed by atoms with Crippen LogP contribution in [0.25, 0.3) is 111 Å². The molecule has 0 bridgehead atoms. The minimum Gasteiger partial charge on any atom is -0.294 e. The monoisotopic (exact) mass is 870 g/mol. The molecule has 0 aliphatic heterocycles. The van der Waals surface area contributed by atoms with Gasteiger partial charge in [-0.1, -0.05) is 146 Å². The molecular formula is C64H46N4. The van der Waals surface area contributed by atoms with Crippen molar-refractivity contribution in [1.29, 1.82) is 0 Å². The second kappa shape index (κ2) is 16.7. The Morgan fingerprint density at radius 3 is 1.19 bits per heavy atom. The number of hydrogen-bond acceptors (Lipinski definition) is 2. The van der Waals surface area contributed by atoms with E-state index in [1.807, 2.05) is 0 Å². The molecule has 4 heterocycles. The van der Waals surface area contributed by atoms with Crippen molar-refractivity contribution in [3.63, 3.8) is 0 Å². The first-order chi connectivity index (χ1) is 33.7. The Morgan fingerprint density at radius 1 is 0.309 bits per heavy atom. The van der Waals surface area contributed by atoms with Crippen LogP contribution in [0, 0.1) is 0 Å². The van der Waals surface area contributed by atoms with Crippen molar-refractivity contribution in [2.24, 2.45) is 0 Å². The second-order valence-corrected chi connectivity index (χ2v) is 18.0. The molecule has 4 aromatic heterocycles. The normalized spacial score (nSPS) is 13.7. The van der Waals surface area contributed by atoms with Crippen molar-refractivity contribution >= 4 is 54.8 Å². The Morgan fingerprint density at radius 2 is 0.735 bits per heavy atom. The summed E-state index contributed by atoms with van der Waals surface area (Å²) in [5.41, 5.74) is 18.4. The smallest absolute Gasteiger partial charge is 0.138 e. The number of benzene rings is 7. The lowest BCUT2D eigenvalue weighted by Gasteiger charge is -2.15. The van der Waals surface area contributed by atoms with Crippen LogP contribution in [0.5, 0.6) is 0 Å². The Kier molecular flexibility index (Phi) is 9.75. The van der Waals surface area contributed by atoms with Crippen LogP contribution in [0.2, 0.25) is 0 Å². The van der Waals surface area contributed by atoms with E-state index in [1.165, 1.54) is 66.1 Å².